The minimum absolute atomic E-state index is 0.0881. The molecule has 1 heterocycles. The fourth-order valence-electron chi connectivity index (χ4n) is 4.03. The highest BCUT2D eigenvalue weighted by molar-refractivity contribution is 5.94. The minimum atomic E-state index is -0.0881. The van der Waals surface area contributed by atoms with Gasteiger partial charge in [-0.05, 0) is 60.7 Å². The van der Waals surface area contributed by atoms with E-state index in [2.05, 4.69) is 23.5 Å². The number of fused-ring (bicyclic) bond motifs is 1. The number of benzene rings is 3. The number of nitrogens with one attached hydrogen (secondary N) is 1. The molecular formula is C26H22N2O3. The van der Waals surface area contributed by atoms with Crippen molar-refractivity contribution < 1.29 is 14.3 Å². The predicted molar refractivity (Wildman–Crippen MR) is 117 cm³/mol. The zero-order valence-corrected chi connectivity index (χ0v) is 17.0. The van der Waals surface area contributed by atoms with Crippen LogP contribution in [0.5, 0.6) is 17.2 Å². The molecule has 1 aliphatic heterocycles. The summed E-state index contributed by atoms with van der Waals surface area (Å²) in [5, 5.41) is 12.6. The fraction of sp³-hybridized carbons (Fsp3) is 0.231. The summed E-state index contributed by atoms with van der Waals surface area (Å²) in [6.45, 7) is 0.675. The van der Waals surface area contributed by atoms with E-state index in [9.17, 15) is 10.1 Å². The van der Waals surface area contributed by atoms with Crippen LogP contribution in [0.1, 0.15) is 45.8 Å². The topological polar surface area (TPSA) is 71.3 Å². The molecule has 1 saturated carbocycles. The summed E-state index contributed by atoms with van der Waals surface area (Å²) < 4.78 is 11.6. The number of carbonyl (C=O) groups excluding carboxylic acids is 1. The molecule has 5 nitrogen and oxygen atoms in total. The molecule has 1 N–H and O–H groups in total. The number of rotatable bonds is 5. The first-order valence-electron chi connectivity index (χ1n) is 10.5. The van der Waals surface area contributed by atoms with Crippen molar-refractivity contribution in [3.63, 3.8) is 0 Å². The molecule has 0 saturated heterocycles. The van der Waals surface area contributed by atoms with E-state index in [1.807, 2.05) is 24.3 Å². The van der Waals surface area contributed by atoms with Gasteiger partial charge in [-0.15, -0.1) is 0 Å². The number of hydrogen-bond donors (Lipinski definition) is 1. The highest BCUT2D eigenvalue weighted by Gasteiger charge is 2.39. The lowest BCUT2D eigenvalue weighted by Gasteiger charge is -2.19. The number of nitriles is 1. The van der Waals surface area contributed by atoms with E-state index >= 15 is 0 Å². The molecule has 1 aliphatic carbocycles. The highest BCUT2D eigenvalue weighted by Crippen LogP contribution is 2.41. The number of nitrogens with zero attached hydrogens (tertiary/aromatic N) is 1. The van der Waals surface area contributed by atoms with Gasteiger partial charge in [0.1, 0.15) is 23.3 Å². The van der Waals surface area contributed by atoms with Crippen LogP contribution in [0, 0.1) is 11.3 Å². The molecule has 2 atom stereocenters. The van der Waals surface area contributed by atoms with Gasteiger partial charge in [-0.25, -0.2) is 0 Å². The third-order valence-corrected chi connectivity index (χ3v) is 5.81. The van der Waals surface area contributed by atoms with Crippen LogP contribution in [0.15, 0.2) is 66.7 Å². The number of amides is 1. The van der Waals surface area contributed by atoms with Crippen LogP contribution in [0.3, 0.4) is 0 Å². The van der Waals surface area contributed by atoms with Crippen molar-refractivity contribution in [3.05, 3.63) is 89.0 Å². The predicted octanol–water partition coefficient (Wildman–Crippen LogP) is 4.96. The molecule has 0 bridgehead atoms. The minimum Gasteiger partial charge on any atom is -0.493 e. The lowest BCUT2D eigenvalue weighted by Crippen LogP contribution is -2.26. The third kappa shape index (κ3) is 4.10. The lowest BCUT2D eigenvalue weighted by atomic mass is 10.0. The van der Waals surface area contributed by atoms with E-state index in [4.69, 9.17) is 9.47 Å². The maximum Gasteiger partial charge on any atom is 0.251 e. The van der Waals surface area contributed by atoms with Crippen molar-refractivity contribution in [2.45, 2.75) is 31.2 Å². The molecule has 0 radical (unpaired) electrons. The van der Waals surface area contributed by atoms with Crippen molar-refractivity contribution in [1.29, 1.82) is 5.26 Å². The van der Waals surface area contributed by atoms with Crippen LogP contribution in [0.25, 0.3) is 0 Å². The van der Waals surface area contributed by atoms with Crippen LogP contribution in [-0.4, -0.2) is 18.6 Å². The summed E-state index contributed by atoms with van der Waals surface area (Å²) in [6.07, 6.45) is 2.82. The normalized spacial score (nSPS) is 18.8. The quantitative estimate of drug-likeness (QED) is 0.645. The van der Waals surface area contributed by atoms with Crippen molar-refractivity contribution >= 4 is 5.91 Å². The van der Waals surface area contributed by atoms with E-state index < -0.39 is 0 Å². The van der Waals surface area contributed by atoms with E-state index in [0.717, 1.165) is 30.6 Å². The Bertz CT molecular complexity index is 1150. The van der Waals surface area contributed by atoms with Crippen LogP contribution in [0.2, 0.25) is 0 Å². The summed E-state index contributed by atoms with van der Waals surface area (Å²) in [5.41, 5.74) is 3.36. The molecule has 154 valence electrons. The summed E-state index contributed by atoms with van der Waals surface area (Å²) in [6, 6.07) is 23.2. The molecule has 2 unspecified atom stereocenters. The highest BCUT2D eigenvalue weighted by atomic mass is 16.5. The van der Waals surface area contributed by atoms with E-state index in [0.29, 0.717) is 35.2 Å². The van der Waals surface area contributed by atoms with Crippen LogP contribution in [0.4, 0.5) is 0 Å². The molecule has 0 spiro atoms. The standard InChI is InChI=1S/C26H22N2O3/c27-16-20-13-19-7-4-12-30-24(19)15-25(20)31-21-10-8-18(9-11-21)26(29)28-23-14-22(23)17-5-2-1-3-6-17/h1-3,5-6,8-11,13,15,22-23H,4,7,12,14H2,(H,28,29). The summed E-state index contributed by atoms with van der Waals surface area (Å²) >= 11 is 0. The summed E-state index contributed by atoms with van der Waals surface area (Å²) in [5.74, 6) is 2.10. The van der Waals surface area contributed by atoms with Gasteiger partial charge < -0.3 is 14.8 Å². The Morgan fingerprint density at radius 2 is 1.90 bits per heavy atom. The van der Waals surface area contributed by atoms with Gasteiger partial charge in [0.25, 0.3) is 5.91 Å². The van der Waals surface area contributed by atoms with Crippen molar-refractivity contribution in [3.8, 4) is 23.3 Å². The molecule has 5 rings (SSSR count). The third-order valence-electron chi connectivity index (χ3n) is 5.81. The van der Waals surface area contributed by atoms with Gasteiger partial charge in [-0.1, -0.05) is 30.3 Å². The van der Waals surface area contributed by atoms with E-state index in [1.54, 1.807) is 30.3 Å². The lowest BCUT2D eigenvalue weighted by molar-refractivity contribution is 0.0950. The molecular weight excluding hydrogens is 388 g/mol. The van der Waals surface area contributed by atoms with Crippen LogP contribution >= 0.6 is 0 Å². The zero-order valence-electron chi connectivity index (χ0n) is 17.0. The van der Waals surface area contributed by atoms with Crippen LogP contribution < -0.4 is 14.8 Å². The average Bonchev–Trinajstić information content (AvgIpc) is 3.58. The largest absolute Gasteiger partial charge is 0.493 e. The van der Waals surface area contributed by atoms with Gasteiger partial charge in [0, 0.05) is 23.6 Å². The summed E-state index contributed by atoms with van der Waals surface area (Å²) in [7, 11) is 0. The number of ether oxygens (including phenoxy) is 2. The second kappa shape index (κ2) is 8.16. The smallest absolute Gasteiger partial charge is 0.251 e. The molecule has 1 amide bonds. The average molecular weight is 410 g/mol. The molecule has 5 heteroatoms. The molecule has 0 aromatic heterocycles. The Hall–Kier alpha value is -3.78. The first-order valence-corrected chi connectivity index (χ1v) is 10.5. The Balaban J connectivity index is 1.25. The number of aryl methyl sites for hydroxylation is 1. The maximum absolute atomic E-state index is 12.6. The Labute approximate surface area is 181 Å². The van der Waals surface area contributed by atoms with Crippen molar-refractivity contribution in [2.24, 2.45) is 0 Å². The number of carbonyl (C=O) groups is 1. The van der Waals surface area contributed by atoms with Crippen LogP contribution in [-0.2, 0) is 6.42 Å². The van der Waals surface area contributed by atoms with E-state index in [1.165, 1.54) is 5.56 Å². The monoisotopic (exact) mass is 410 g/mol. The Kier molecular flexibility index (Phi) is 5.05. The Morgan fingerprint density at radius 3 is 2.68 bits per heavy atom. The van der Waals surface area contributed by atoms with Crippen molar-refractivity contribution in [1.82, 2.24) is 5.32 Å². The van der Waals surface area contributed by atoms with Gasteiger partial charge in [-0.3, -0.25) is 4.79 Å². The van der Waals surface area contributed by atoms with E-state index in [-0.39, 0.29) is 11.9 Å². The van der Waals surface area contributed by atoms with Gasteiger partial charge in [0.15, 0.2) is 0 Å². The van der Waals surface area contributed by atoms with Gasteiger partial charge in [0.05, 0.1) is 12.2 Å². The molecule has 3 aromatic rings. The summed E-state index contributed by atoms with van der Waals surface area (Å²) in [4.78, 5) is 12.6. The Morgan fingerprint density at radius 1 is 1.10 bits per heavy atom. The van der Waals surface area contributed by atoms with Gasteiger partial charge in [-0.2, -0.15) is 5.26 Å². The zero-order chi connectivity index (χ0) is 21.2. The second-order valence-electron chi connectivity index (χ2n) is 7.98. The van der Waals surface area contributed by atoms with Crippen molar-refractivity contribution in [2.75, 3.05) is 6.61 Å². The second-order valence-corrected chi connectivity index (χ2v) is 7.98. The van der Waals surface area contributed by atoms with Gasteiger partial charge in [0.2, 0.25) is 0 Å². The number of hydrogen-bond acceptors (Lipinski definition) is 4. The SMILES string of the molecule is N#Cc1cc2c(cc1Oc1ccc(C(=O)NC3CC3c3ccccc3)cc1)OCCC2. The first kappa shape index (κ1) is 19.2. The fourth-order valence-corrected chi connectivity index (χ4v) is 4.03. The maximum atomic E-state index is 12.6. The molecule has 31 heavy (non-hydrogen) atoms. The first-order chi connectivity index (χ1) is 15.2. The molecule has 3 aromatic carbocycles. The van der Waals surface area contributed by atoms with Gasteiger partial charge >= 0.3 is 0 Å². The molecule has 1 fully saturated rings. The molecule has 2 aliphatic rings.